The van der Waals surface area contributed by atoms with Gasteiger partial charge < -0.3 is 0 Å². The van der Waals surface area contributed by atoms with Crippen molar-refractivity contribution in [2.45, 2.75) is 26.2 Å². The molecule has 64 valence electrons. The normalized spacial score (nSPS) is 12.2. The molecule has 0 aliphatic heterocycles. The highest BCUT2D eigenvalue weighted by Crippen LogP contribution is 1.94. The molecule has 0 heterocycles. The Morgan fingerprint density at radius 1 is 1.50 bits per heavy atom. The second kappa shape index (κ2) is 9.36. The van der Waals surface area contributed by atoms with Crippen LogP contribution in [-0.2, 0) is 15.5 Å². The quantitative estimate of drug-likeness (QED) is 0.528. The van der Waals surface area contributed by atoms with Gasteiger partial charge in [0.2, 0.25) is 0 Å². The zero-order chi connectivity index (χ0) is 7.11. The maximum absolute atomic E-state index is 9.85. The van der Waals surface area contributed by atoms with Crippen LogP contribution in [0.25, 0.3) is 0 Å². The van der Waals surface area contributed by atoms with Crippen LogP contribution in [0.5, 0.6) is 0 Å². The Morgan fingerprint density at radius 2 is 2.10 bits per heavy atom. The van der Waals surface area contributed by atoms with E-state index < -0.39 is 11.4 Å². The molecule has 3 nitrogen and oxygen atoms in total. The zero-order valence-corrected chi connectivity index (χ0v) is 7.54. The average Bonchev–Trinajstić information content (AvgIpc) is 1.80. The van der Waals surface area contributed by atoms with E-state index in [4.69, 9.17) is 4.55 Å². The molecule has 0 aromatic heterocycles. The maximum Gasteiger partial charge on any atom is 0.301 e. The van der Waals surface area contributed by atoms with E-state index in [-0.39, 0.29) is 12.4 Å². The number of hydrogen-bond donors (Lipinski definition) is 1. The Morgan fingerprint density at radius 3 is 2.50 bits per heavy atom. The van der Waals surface area contributed by atoms with E-state index >= 15 is 0 Å². The summed E-state index contributed by atoms with van der Waals surface area (Å²) in [4.78, 5) is 0. The monoisotopic (exact) mass is 188 g/mol. The van der Waals surface area contributed by atoms with E-state index in [0.717, 1.165) is 19.3 Å². The molecule has 1 N–H and O–H groups in total. The Kier molecular flexibility index (Phi) is 12.2. The van der Waals surface area contributed by atoms with Gasteiger partial charge in [0.25, 0.3) is 0 Å². The maximum atomic E-state index is 9.85. The topological polar surface area (TPSA) is 46.5 Å². The summed E-state index contributed by atoms with van der Waals surface area (Å²) in [6, 6.07) is 0. The van der Waals surface area contributed by atoms with Gasteiger partial charge in [-0.25, -0.2) is 0 Å². The predicted molar refractivity (Wildman–Crippen MR) is 43.5 cm³/mol. The number of unbranched alkanes of at least 4 members (excludes halogenated alkanes) is 2. The van der Waals surface area contributed by atoms with Crippen molar-refractivity contribution in [1.82, 2.24) is 0 Å². The molecule has 0 amide bonds. The Bertz CT molecular complexity index is 89.0. The van der Waals surface area contributed by atoms with Crippen LogP contribution >= 0.6 is 12.4 Å². The van der Waals surface area contributed by atoms with Gasteiger partial charge in [-0.3, -0.25) is 8.74 Å². The Balaban J connectivity index is 0. The van der Waals surface area contributed by atoms with Gasteiger partial charge in [-0.05, 0) is 6.42 Å². The molecule has 0 aliphatic rings. The van der Waals surface area contributed by atoms with E-state index in [1.165, 1.54) is 0 Å². The summed E-state index contributed by atoms with van der Waals surface area (Å²) in [6.45, 7) is 2.45. The lowest BCUT2D eigenvalue weighted by molar-refractivity contribution is 0.298. The van der Waals surface area contributed by atoms with Crippen LogP contribution in [0.3, 0.4) is 0 Å². The first-order chi connectivity index (χ1) is 4.27. The Hall–Kier alpha value is 0.360. The fourth-order valence-electron chi connectivity index (χ4n) is 0.482. The lowest BCUT2D eigenvalue weighted by Gasteiger charge is -1.94. The van der Waals surface area contributed by atoms with E-state index in [9.17, 15) is 4.21 Å². The van der Waals surface area contributed by atoms with Crippen LogP contribution < -0.4 is 0 Å². The van der Waals surface area contributed by atoms with Gasteiger partial charge in [0.1, 0.15) is 0 Å². The largest absolute Gasteiger partial charge is 0.301 e. The van der Waals surface area contributed by atoms with Crippen LogP contribution in [0.4, 0.5) is 0 Å². The van der Waals surface area contributed by atoms with Crippen molar-refractivity contribution < 1.29 is 12.9 Å². The minimum Gasteiger partial charge on any atom is -0.284 e. The van der Waals surface area contributed by atoms with E-state index in [1.807, 2.05) is 0 Å². The highest BCUT2D eigenvalue weighted by Gasteiger charge is 1.90. The highest BCUT2D eigenvalue weighted by atomic mass is 35.5. The molecule has 0 aromatic rings. The molecule has 1 unspecified atom stereocenters. The first-order valence-corrected chi connectivity index (χ1v) is 4.04. The van der Waals surface area contributed by atoms with Crippen LogP contribution in [-0.4, -0.2) is 15.4 Å². The van der Waals surface area contributed by atoms with Crippen LogP contribution in [0.1, 0.15) is 26.2 Å². The molecule has 0 spiro atoms. The predicted octanol–water partition coefficient (Wildman–Crippen LogP) is 1.75. The fraction of sp³-hybridized carbons (Fsp3) is 1.00. The third-order valence-corrected chi connectivity index (χ3v) is 1.30. The molecule has 0 saturated carbocycles. The second-order valence-electron chi connectivity index (χ2n) is 1.75. The van der Waals surface area contributed by atoms with Crippen LogP contribution in [0.2, 0.25) is 0 Å². The molecule has 0 bridgehead atoms. The lowest BCUT2D eigenvalue weighted by Crippen LogP contribution is -1.96. The standard InChI is InChI=1S/C5H12O3S.ClH/c1-2-3-4-5-8-9(6)7;/h2-5H2,1H3,(H,6,7);1H. The number of halogens is 1. The summed E-state index contributed by atoms with van der Waals surface area (Å²) in [6.07, 6.45) is 3.02. The summed E-state index contributed by atoms with van der Waals surface area (Å²) >= 11 is -2.07. The van der Waals surface area contributed by atoms with Crippen molar-refractivity contribution in [3.05, 3.63) is 0 Å². The molecule has 0 rings (SSSR count). The zero-order valence-electron chi connectivity index (χ0n) is 5.91. The molecule has 0 saturated heterocycles. The van der Waals surface area contributed by atoms with Gasteiger partial charge in [0.05, 0.1) is 6.61 Å². The Labute approximate surface area is 70.1 Å². The minimum absolute atomic E-state index is 0. The van der Waals surface area contributed by atoms with Gasteiger partial charge in [-0.1, -0.05) is 19.8 Å². The van der Waals surface area contributed by atoms with Crippen molar-refractivity contribution in [1.29, 1.82) is 0 Å². The van der Waals surface area contributed by atoms with Crippen molar-refractivity contribution in [3.8, 4) is 0 Å². The van der Waals surface area contributed by atoms with Crippen molar-refractivity contribution in [3.63, 3.8) is 0 Å². The summed E-state index contributed by atoms with van der Waals surface area (Å²) < 4.78 is 22.3. The minimum atomic E-state index is -2.07. The van der Waals surface area contributed by atoms with Crippen molar-refractivity contribution >= 4 is 23.8 Å². The van der Waals surface area contributed by atoms with Gasteiger partial charge in [-0.2, -0.15) is 4.21 Å². The summed E-state index contributed by atoms with van der Waals surface area (Å²) in [5, 5.41) is 0. The van der Waals surface area contributed by atoms with Gasteiger partial charge >= 0.3 is 11.4 Å². The average molecular weight is 189 g/mol. The lowest BCUT2D eigenvalue weighted by atomic mass is 10.3. The van der Waals surface area contributed by atoms with E-state index in [0.29, 0.717) is 6.61 Å². The van der Waals surface area contributed by atoms with E-state index in [2.05, 4.69) is 11.1 Å². The first kappa shape index (κ1) is 13.0. The first-order valence-electron chi connectivity index (χ1n) is 3.01. The van der Waals surface area contributed by atoms with Gasteiger partial charge in [0.15, 0.2) is 0 Å². The number of rotatable bonds is 5. The molecule has 0 aromatic carbocycles. The van der Waals surface area contributed by atoms with Gasteiger partial charge in [0, 0.05) is 0 Å². The molecule has 5 heteroatoms. The molecule has 0 radical (unpaired) electrons. The summed E-state index contributed by atoms with van der Waals surface area (Å²) in [5.41, 5.74) is 0. The smallest absolute Gasteiger partial charge is 0.284 e. The molecular weight excluding hydrogens is 176 g/mol. The SMILES string of the molecule is CCCCCOS(=O)O.Cl. The third-order valence-electron chi connectivity index (χ3n) is 0.932. The fourth-order valence-corrected chi connectivity index (χ4v) is 0.743. The molecule has 1 atom stereocenters. The molecule has 10 heavy (non-hydrogen) atoms. The molecular formula is C5H13ClO3S. The van der Waals surface area contributed by atoms with Crippen LogP contribution in [0, 0.1) is 0 Å². The van der Waals surface area contributed by atoms with Crippen molar-refractivity contribution in [2.75, 3.05) is 6.61 Å². The van der Waals surface area contributed by atoms with Crippen molar-refractivity contribution in [2.24, 2.45) is 0 Å². The highest BCUT2D eigenvalue weighted by molar-refractivity contribution is 7.74. The second-order valence-corrected chi connectivity index (χ2v) is 2.42. The molecule has 0 fully saturated rings. The van der Waals surface area contributed by atoms with Crippen LogP contribution in [0.15, 0.2) is 0 Å². The van der Waals surface area contributed by atoms with E-state index in [1.54, 1.807) is 0 Å². The van der Waals surface area contributed by atoms with Gasteiger partial charge in [-0.15, -0.1) is 12.4 Å². The summed E-state index contributed by atoms with van der Waals surface area (Å²) in [7, 11) is 0. The molecule has 0 aliphatic carbocycles. The third kappa shape index (κ3) is 11.2. The number of hydrogen-bond acceptors (Lipinski definition) is 2. The summed E-state index contributed by atoms with van der Waals surface area (Å²) in [5.74, 6) is 0.